The van der Waals surface area contributed by atoms with Crippen molar-refractivity contribution in [2.24, 2.45) is 0 Å². The molecule has 0 aliphatic carbocycles. The first kappa shape index (κ1) is 33.3. The summed E-state index contributed by atoms with van der Waals surface area (Å²) in [6.07, 6.45) is 1.51. The van der Waals surface area contributed by atoms with E-state index >= 15 is 0 Å². The molecule has 0 radical (unpaired) electrons. The monoisotopic (exact) mass is 639 g/mol. The third kappa shape index (κ3) is 8.99. The molecule has 0 unspecified atom stereocenters. The molecule has 236 valence electrons. The lowest BCUT2D eigenvalue weighted by Gasteiger charge is -2.15. The largest absolute Gasteiger partial charge is 0.493 e. The lowest BCUT2D eigenvalue weighted by atomic mass is 10.1. The number of hydrogen-bond donors (Lipinski definition) is 3. The van der Waals surface area contributed by atoms with E-state index in [-0.39, 0.29) is 23.1 Å². The second-order valence-electron chi connectivity index (χ2n) is 9.79. The van der Waals surface area contributed by atoms with Gasteiger partial charge in [-0.3, -0.25) is 19.2 Å². The van der Waals surface area contributed by atoms with Gasteiger partial charge in [0.25, 0.3) is 11.8 Å². The van der Waals surface area contributed by atoms with Gasteiger partial charge in [0.2, 0.25) is 11.7 Å². The fourth-order valence-electron chi connectivity index (χ4n) is 4.29. The third-order valence-electron chi connectivity index (χ3n) is 6.56. The molecule has 0 aliphatic rings. The predicted octanol–water partition coefficient (Wildman–Crippen LogP) is 6.06. The van der Waals surface area contributed by atoms with Crippen molar-refractivity contribution in [1.29, 1.82) is 0 Å². The predicted molar refractivity (Wildman–Crippen MR) is 179 cm³/mol. The summed E-state index contributed by atoms with van der Waals surface area (Å²) in [7, 11) is 4.46. The van der Waals surface area contributed by atoms with E-state index in [1.807, 2.05) is 6.07 Å². The summed E-state index contributed by atoms with van der Waals surface area (Å²) >= 11 is 1.29. The summed E-state index contributed by atoms with van der Waals surface area (Å²) in [4.78, 5) is 51.4. The number of Topliss-reactive ketones (excluding diaryl/α,β-unsaturated/α-hetero) is 1. The molecule has 0 fully saturated rings. The fourth-order valence-corrected chi connectivity index (χ4v) is 5.05. The van der Waals surface area contributed by atoms with Gasteiger partial charge in [-0.15, -0.1) is 11.8 Å². The van der Waals surface area contributed by atoms with E-state index in [4.69, 9.17) is 14.2 Å². The van der Waals surface area contributed by atoms with Crippen LogP contribution in [0.15, 0.2) is 102 Å². The van der Waals surface area contributed by atoms with Crippen LogP contribution in [0.3, 0.4) is 0 Å². The van der Waals surface area contributed by atoms with Crippen LogP contribution in [0, 0.1) is 0 Å². The summed E-state index contributed by atoms with van der Waals surface area (Å²) in [6.45, 7) is 1.48. The molecule has 4 aromatic carbocycles. The first-order valence-electron chi connectivity index (χ1n) is 14.0. The highest BCUT2D eigenvalue weighted by atomic mass is 32.2. The lowest BCUT2D eigenvalue weighted by molar-refractivity contribution is -0.114. The number of ketones is 1. The zero-order chi connectivity index (χ0) is 33.1. The van der Waals surface area contributed by atoms with Crippen molar-refractivity contribution in [3.63, 3.8) is 0 Å². The Bertz CT molecular complexity index is 1730. The van der Waals surface area contributed by atoms with Crippen molar-refractivity contribution in [2.75, 3.05) is 37.7 Å². The van der Waals surface area contributed by atoms with Crippen molar-refractivity contribution in [1.82, 2.24) is 5.32 Å². The molecular formula is C35H33N3O7S. The number of methoxy groups -OCH3 is 3. The molecule has 3 amide bonds. The summed E-state index contributed by atoms with van der Waals surface area (Å²) in [6, 6.07) is 25.5. The number of rotatable bonds is 13. The number of hydrogen-bond acceptors (Lipinski definition) is 8. The second kappa shape index (κ2) is 16.0. The number of nitrogens with one attached hydrogen (secondary N) is 3. The number of carbonyl (C=O) groups excluding carboxylic acids is 4. The normalized spacial score (nSPS) is 10.8. The Hall–Kier alpha value is -5.55. The van der Waals surface area contributed by atoms with Crippen molar-refractivity contribution in [2.45, 2.75) is 11.8 Å². The molecule has 0 bridgehead atoms. The van der Waals surface area contributed by atoms with E-state index in [1.165, 1.54) is 46.1 Å². The number of amides is 3. The molecule has 10 nitrogen and oxygen atoms in total. The van der Waals surface area contributed by atoms with Gasteiger partial charge in [0.1, 0.15) is 5.70 Å². The van der Waals surface area contributed by atoms with Gasteiger partial charge in [0.05, 0.1) is 27.1 Å². The van der Waals surface area contributed by atoms with Crippen LogP contribution < -0.4 is 30.2 Å². The topological polar surface area (TPSA) is 132 Å². The van der Waals surface area contributed by atoms with E-state index in [0.717, 1.165) is 4.90 Å². The van der Waals surface area contributed by atoms with E-state index in [1.54, 1.807) is 84.9 Å². The van der Waals surface area contributed by atoms with Crippen LogP contribution in [0.5, 0.6) is 17.2 Å². The van der Waals surface area contributed by atoms with Crippen molar-refractivity contribution in [3.8, 4) is 17.2 Å². The Morgan fingerprint density at radius 1 is 0.717 bits per heavy atom. The van der Waals surface area contributed by atoms with Gasteiger partial charge in [0.15, 0.2) is 17.3 Å². The minimum absolute atomic E-state index is 0.0312. The van der Waals surface area contributed by atoms with Crippen LogP contribution in [-0.2, 0) is 9.59 Å². The number of anilines is 2. The molecule has 0 saturated carbocycles. The van der Waals surface area contributed by atoms with Crippen molar-refractivity contribution < 1.29 is 33.4 Å². The van der Waals surface area contributed by atoms with Gasteiger partial charge in [-0.25, -0.2) is 0 Å². The zero-order valence-electron chi connectivity index (χ0n) is 25.7. The molecule has 11 heteroatoms. The Morgan fingerprint density at radius 3 is 2.00 bits per heavy atom. The Kier molecular flexibility index (Phi) is 11.6. The summed E-state index contributed by atoms with van der Waals surface area (Å²) < 4.78 is 16.3. The van der Waals surface area contributed by atoms with Crippen LogP contribution in [-0.4, -0.2) is 50.6 Å². The van der Waals surface area contributed by atoms with Gasteiger partial charge in [0, 0.05) is 27.4 Å². The van der Waals surface area contributed by atoms with Gasteiger partial charge >= 0.3 is 0 Å². The Labute approximate surface area is 271 Å². The van der Waals surface area contributed by atoms with E-state index < -0.39 is 11.8 Å². The van der Waals surface area contributed by atoms with Crippen molar-refractivity contribution >= 4 is 52.7 Å². The summed E-state index contributed by atoms with van der Waals surface area (Å²) in [5.74, 6) is -0.0706. The lowest BCUT2D eigenvalue weighted by Crippen LogP contribution is -2.30. The van der Waals surface area contributed by atoms with Crippen LogP contribution in [0.4, 0.5) is 11.4 Å². The third-order valence-corrected chi connectivity index (χ3v) is 7.56. The van der Waals surface area contributed by atoms with Crippen molar-refractivity contribution in [3.05, 3.63) is 113 Å². The molecule has 46 heavy (non-hydrogen) atoms. The van der Waals surface area contributed by atoms with Gasteiger partial charge in [-0.05, 0) is 85.3 Å². The zero-order valence-corrected chi connectivity index (χ0v) is 26.5. The minimum Gasteiger partial charge on any atom is -0.493 e. The van der Waals surface area contributed by atoms with Crippen LogP contribution in [0.1, 0.15) is 33.2 Å². The minimum atomic E-state index is -0.577. The Balaban J connectivity index is 1.51. The Morgan fingerprint density at radius 2 is 1.39 bits per heavy atom. The maximum Gasteiger partial charge on any atom is 0.272 e. The molecule has 0 heterocycles. The molecule has 4 rings (SSSR count). The molecule has 0 aliphatic heterocycles. The highest BCUT2D eigenvalue weighted by Crippen LogP contribution is 2.38. The summed E-state index contributed by atoms with van der Waals surface area (Å²) in [5, 5.41) is 8.35. The molecule has 0 saturated heterocycles. The van der Waals surface area contributed by atoms with Gasteiger partial charge in [-0.1, -0.05) is 24.3 Å². The van der Waals surface area contributed by atoms with Crippen LogP contribution >= 0.6 is 11.8 Å². The maximum atomic E-state index is 13.6. The highest BCUT2D eigenvalue weighted by molar-refractivity contribution is 8.00. The van der Waals surface area contributed by atoms with E-state index in [9.17, 15) is 19.2 Å². The standard InChI is InChI=1S/C35H33N3O7S/c1-22(39)24-13-15-26(16-14-24)36-32(40)21-46-28-12-8-11-27(20-28)37-35(42)29(38-34(41)25-9-6-5-7-10-25)17-23-18-30(43-2)33(45-4)31(19-23)44-3/h5-20H,21H2,1-4H3,(H,36,40)(H,37,42)(H,38,41)/b29-17+. The molecular weight excluding hydrogens is 606 g/mol. The number of thioether (sulfide) groups is 1. The number of carbonyl (C=O) groups is 4. The average molecular weight is 640 g/mol. The highest BCUT2D eigenvalue weighted by Gasteiger charge is 2.18. The van der Waals surface area contributed by atoms with Crippen LogP contribution in [0.25, 0.3) is 6.08 Å². The van der Waals surface area contributed by atoms with Gasteiger partial charge in [-0.2, -0.15) is 0 Å². The molecule has 3 N–H and O–H groups in total. The number of ether oxygens (including phenoxy) is 3. The van der Waals surface area contributed by atoms with E-state index in [0.29, 0.717) is 45.3 Å². The van der Waals surface area contributed by atoms with Crippen LogP contribution in [0.2, 0.25) is 0 Å². The molecule has 0 spiro atoms. The summed E-state index contributed by atoms with van der Waals surface area (Å²) in [5.41, 5.74) is 2.46. The molecule has 4 aromatic rings. The number of benzene rings is 4. The molecule has 0 aromatic heterocycles. The fraction of sp³-hybridized carbons (Fsp3) is 0.143. The van der Waals surface area contributed by atoms with Gasteiger partial charge < -0.3 is 30.2 Å². The maximum absolute atomic E-state index is 13.6. The smallest absolute Gasteiger partial charge is 0.272 e. The average Bonchev–Trinajstić information content (AvgIpc) is 3.07. The first-order valence-corrected chi connectivity index (χ1v) is 15.0. The van der Waals surface area contributed by atoms with E-state index in [2.05, 4.69) is 16.0 Å². The quantitative estimate of drug-likeness (QED) is 0.0915. The first-order chi connectivity index (χ1) is 22.2. The molecule has 0 atom stereocenters. The second-order valence-corrected chi connectivity index (χ2v) is 10.8. The SMILES string of the molecule is COc1cc(/C=C(/NC(=O)c2ccccc2)C(=O)Nc2cccc(SCC(=O)Nc3ccc(C(C)=O)cc3)c2)cc(OC)c1OC.